The van der Waals surface area contributed by atoms with Gasteiger partial charge in [-0.15, -0.1) is 0 Å². The highest BCUT2D eigenvalue weighted by Crippen LogP contribution is 2.22. The monoisotopic (exact) mass is 219 g/mol. The third-order valence-corrected chi connectivity index (χ3v) is 2.85. The zero-order chi connectivity index (χ0) is 11.5. The van der Waals surface area contributed by atoms with E-state index in [1.807, 2.05) is 12.1 Å². The lowest BCUT2D eigenvalue weighted by Crippen LogP contribution is -2.39. The molecule has 86 valence electrons. The first-order valence-electron chi connectivity index (χ1n) is 5.67. The topological polar surface area (TPSA) is 29.5 Å². The largest absolute Gasteiger partial charge is 0.462 e. The molecule has 1 aromatic carbocycles. The Morgan fingerprint density at radius 3 is 2.88 bits per heavy atom. The van der Waals surface area contributed by atoms with Crippen molar-refractivity contribution in [2.24, 2.45) is 0 Å². The lowest BCUT2D eigenvalue weighted by molar-refractivity contribution is -0.143. The van der Waals surface area contributed by atoms with Crippen LogP contribution < -0.4 is 4.90 Å². The average molecular weight is 219 g/mol. The second kappa shape index (κ2) is 4.56. The van der Waals surface area contributed by atoms with E-state index in [2.05, 4.69) is 30.9 Å². The number of hydrogen-bond donors (Lipinski definition) is 0. The van der Waals surface area contributed by atoms with Crippen LogP contribution in [-0.4, -0.2) is 25.7 Å². The van der Waals surface area contributed by atoms with Gasteiger partial charge in [0, 0.05) is 5.69 Å². The first kappa shape index (κ1) is 11.0. The molecule has 0 saturated carbocycles. The van der Waals surface area contributed by atoms with Gasteiger partial charge in [0.1, 0.15) is 13.2 Å². The molecule has 16 heavy (non-hydrogen) atoms. The summed E-state index contributed by atoms with van der Waals surface area (Å²) in [5.74, 6) is 0.373. The maximum Gasteiger partial charge on any atom is 0.325 e. The van der Waals surface area contributed by atoms with E-state index in [4.69, 9.17) is 4.74 Å². The molecule has 3 heteroatoms. The standard InChI is InChI=1S/C13H17NO2/c1-10(2)11-4-3-5-12(8-11)14-6-7-16-13(15)9-14/h3-5,8,10H,6-7,9H2,1-2H3. The van der Waals surface area contributed by atoms with Gasteiger partial charge in [-0.2, -0.15) is 0 Å². The molecule has 0 N–H and O–H groups in total. The minimum absolute atomic E-state index is 0.138. The minimum Gasteiger partial charge on any atom is -0.462 e. The Hall–Kier alpha value is -1.51. The first-order chi connectivity index (χ1) is 7.66. The number of rotatable bonds is 2. The smallest absolute Gasteiger partial charge is 0.325 e. The van der Waals surface area contributed by atoms with E-state index < -0.39 is 0 Å². The number of carbonyl (C=O) groups is 1. The molecule has 3 nitrogen and oxygen atoms in total. The van der Waals surface area contributed by atoms with E-state index >= 15 is 0 Å². The maximum atomic E-state index is 11.2. The number of carbonyl (C=O) groups excluding carboxylic acids is 1. The van der Waals surface area contributed by atoms with Gasteiger partial charge in [0.05, 0.1) is 6.54 Å². The van der Waals surface area contributed by atoms with Gasteiger partial charge in [-0.25, -0.2) is 0 Å². The Kier molecular flexibility index (Phi) is 3.13. The Labute approximate surface area is 96.0 Å². The number of cyclic esters (lactones) is 1. The minimum atomic E-state index is -0.138. The van der Waals surface area contributed by atoms with Crippen LogP contribution in [0.25, 0.3) is 0 Å². The van der Waals surface area contributed by atoms with Crippen molar-refractivity contribution in [1.82, 2.24) is 0 Å². The van der Waals surface area contributed by atoms with E-state index in [1.54, 1.807) is 0 Å². The molecule has 1 heterocycles. The Balaban J connectivity index is 2.19. The number of esters is 1. The summed E-state index contributed by atoms with van der Waals surface area (Å²) in [6, 6.07) is 8.37. The summed E-state index contributed by atoms with van der Waals surface area (Å²) in [5, 5.41) is 0. The summed E-state index contributed by atoms with van der Waals surface area (Å²) in [6.07, 6.45) is 0. The summed E-state index contributed by atoms with van der Waals surface area (Å²) < 4.78 is 4.93. The molecule has 1 aliphatic rings. The summed E-state index contributed by atoms with van der Waals surface area (Å²) in [6.45, 7) is 5.98. The fraction of sp³-hybridized carbons (Fsp3) is 0.462. The van der Waals surface area contributed by atoms with Gasteiger partial charge in [0.25, 0.3) is 0 Å². The Bertz CT molecular complexity index is 387. The highest BCUT2D eigenvalue weighted by atomic mass is 16.5. The van der Waals surface area contributed by atoms with Crippen LogP contribution in [0.2, 0.25) is 0 Å². The zero-order valence-electron chi connectivity index (χ0n) is 9.77. The van der Waals surface area contributed by atoms with Crippen molar-refractivity contribution in [3.63, 3.8) is 0 Å². The second-order valence-corrected chi connectivity index (χ2v) is 4.39. The van der Waals surface area contributed by atoms with Crippen LogP contribution in [0.3, 0.4) is 0 Å². The Morgan fingerprint density at radius 1 is 1.38 bits per heavy atom. The normalized spacial score (nSPS) is 16.4. The molecule has 0 spiro atoms. The fourth-order valence-electron chi connectivity index (χ4n) is 1.85. The number of anilines is 1. The zero-order valence-corrected chi connectivity index (χ0v) is 9.77. The van der Waals surface area contributed by atoms with Crippen molar-refractivity contribution in [3.8, 4) is 0 Å². The summed E-state index contributed by atoms with van der Waals surface area (Å²) in [7, 11) is 0. The van der Waals surface area contributed by atoms with E-state index in [0.717, 1.165) is 12.2 Å². The van der Waals surface area contributed by atoms with Gasteiger partial charge >= 0.3 is 5.97 Å². The van der Waals surface area contributed by atoms with Gasteiger partial charge in [-0.3, -0.25) is 4.79 Å². The van der Waals surface area contributed by atoms with Crippen molar-refractivity contribution < 1.29 is 9.53 Å². The molecule has 0 amide bonds. The van der Waals surface area contributed by atoms with Crippen LogP contribution in [0.4, 0.5) is 5.69 Å². The van der Waals surface area contributed by atoms with Crippen LogP contribution in [0.1, 0.15) is 25.3 Å². The fourth-order valence-corrected chi connectivity index (χ4v) is 1.85. The summed E-state index contributed by atoms with van der Waals surface area (Å²) in [4.78, 5) is 13.3. The van der Waals surface area contributed by atoms with Gasteiger partial charge in [-0.1, -0.05) is 26.0 Å². The van der Waals surface area contributed by atoms with Crippen LogP contribution in [0.5, 0.6) is 0 Å². The average Bonchev–Trinajstić information content (AvgIpc) is 2.29. The molecule has 0 atom stereocenters. The molecule has 0 aliphatic carbocycles. The predicted octanol–water partition coefficient (Wildman–Crippen LogP) is 2.17. The molecule has 0 bridgehead atoms. The van der Waals surface area contributed by atoms with Crippen molar-refractivity contribution in [3.05, 3.63) is 29.8 Å². The van der Waals surface area contributed by atoms with Gasteiger partial charge in [0.2, 0.25) is 0 Å². The SMILES string of the molecule is CC(C)c1cccc(N2CCOC(=O)C2)c1. The van der Waals surface area contributed by atoms with Gasteiger partial charge in [0.15, 0.2) is 0 Å². The number of ether oxygens (including phenoxy) is 1. The first-order valence-corrected chi connectivity index (χ1v) is 5.67. The lowest BCUT2D eigenvalue weighted by Gasteiger charge is -2.28. The van der Waals surface area contributed by atoms with Gasteiger partial charge in [-0.05, 0) is 23.6 Å². The third kappa shape index (κ3) is 2.35. The number of benzene rings is 1. The maximum absolute atomic E-state index is 11.2. The third-order valence-electron chi connectivity index (χ3n) is 2.85. The molecule has 0 aromatic heterocycles. The second-order valence-electron chi connectivity index (χ2n) is 4.39. The van der Waals surface area contributed by atoms with Gasteiger partial charge < -0.3 is 9.64 Å². The molecular formula is C13H17NO2. The van der Waals surface area contributed by atoms with Crippen molar-refractivity contribution in [1.29, 1.82) is 0 Å². The van der Waals surface area contributed by atoms with E-state index in [0.29, 0.717) is 19.1 Å². The quantitative estimate of drug-likeness (QED) is 0.714. The lowest BCUT2D eigenvalue weighted by atomic mass is 10.0. The highest BCUT2D eigenvalue weighted by Gasteiger charge is 2.18. The predicted molar refractivity (Wildman–Crippen MR) is 63.7 cm³/mol. The molecule has 1 saturated heterocycles. The van der Waals surface area contributed by atoms with Crippen molar-refractivity contribution in [2.45, 2.75) is 19.8 Å². The molecule has 1 aromatic rings. The molecule has 0 radical (unpaired) electrons. The number of hydrogen-bond acceptors (Lipinski definition) is 3. The number of nitrogens with zero attached hydrogens (tertiary/aromatic N) is 1. The van der Waals surface area contributed by atoms with Crippen molar-refractivity contribution >= 4 is 11.7 Å². The number of morpholine rings is 1. The van der Waals surface area contributed by atoms with E-state index in [-0.39, 0.29) is 5.97 Å². The molecule has 1 fully saturated rings. The molecule has 1 aliphatic heterocycles. The Morgan fingerprint density at radius 2 is 2.19 bits per heavy atom. The van der Waals surface area contributed by atoms with Crippen LogP contribution >= 0.6 is 0 Å². The van der Waals surface area contributed by atoms with Crippen LogP contribution in [0.15, 0.2) is 24.3 Å². The molecular weight excluding hydrogens is 202 g/mol. The van der Waals surface area contributed by atoms with Crippen LogP contribution in [0, 0.1) is 0 Å². The summed E-state index contributed by atoms with van der Waals surface area (Å²) in [5.41, 5.74) is 2.42. The highest BCUT2D eigenvalue weighted by molar-refractivity contribution is 5.77. The summed E-state index contributed by atoms with van der Waals surface area (Å²) >= 11 is 0. The molecule has 0 unspecified atom stereocenters. The van der Waals surface area contributed by atoms with E-state index in [1.165, 1.54) is 5.56 Å². The van der Waals surface area contributed by atoms with Crippen molar-refractivity contribution in [2.75, 3.05) is 24.6 Å². The van der Waals surface area contributed by atoms with Crippen LogP contribution in [-0.2, 0) is 9.53 Å². The van der Waals surface area contributed by atoms with E-state index in [9.17, 15) is 4.79 Å². The molecule has 2 rings (SSSR count).